The van der Waals surface area contributed by atoms with Crippen LogP contribution in [0.25, 0.3) is 0 Å². The van der Waals surface area contributed by atoms with Crippen LogP contribution in [-0.2, 0) is 0 Å². The molecule has 0 radical (unpaired) electrons. The van der Waals surface area contributed by atoms with Crippen LogP contribution in [-0.4, -0.2) is 48.8 Å². The summed E-state index contributed by atoms with van der Waals surface area (Å²) in [5.74, 6) is 0. The van der Waals surface area contributed by atoms with Crippen LogP contribution in [0.1, 0.15) is 12.8 Å². The number of nitrogens with zero attached hydrogens (tertiary/aromatic N) is 4. The Morgan fingerprint density at radius 2 is 1.25 bits per heavy atom. The van der Waals surface area contributed by atoms with Gasteiger partial charge in [0.15, 0.2) is 12.7 Å². The minimum absolute atomic E-state index is 0.841. The van der Waals surface area contributed by atoms with Crippen molar-refractivity contribution in [2.24, 2.45) is 9.98 Å². The maximum absolute atomic E-state index is 4.14. The third kappa shape index (κ3) is 2.65. The minimum atomic E-state index is 0.841. The molecular weight excluding hydrogens is 200 g/mol. The van der Waals surface area contributed by atoms with Crippen LogP contribution in [0, 0.1) is 0 Å². The van der Waals surface area contributed by atoms with E-state index in [9.17, 15) is 0 Å². The first-order valence-corrected chi connectivity index (χ1v) is 5.76. The van der Waals surface area contributed by atoms with E-state index >= 15 is 0 Å². The lowest BCUT2D eigenvalue weighted by Gasteiger charge is -2.24. The Morgan fingerprint density at radius 1 is 0.812 bits per heavy atom. The normalized spacial score (nSPS) is 35.4. The Labute approximate surface area is 97.1 Å². The number of hydrogen-bond acceptors (Lipinski definition) is 2. The average molecular weight is 220 g/mol. The summed E-state index contributed by atoms with van der Waals surface area (Å²) < 4.78 is 1.68. The van der Waals surface area contributed by atoms with E-state index in [1.165, 1.54) is 12.8 Å². The van der Waals surface area contributed by atoms with E-state index in [0.717, 1.165) is 22.1 Å². The second kappa shape index (κ2) is 4.31. The molecule has 0 spiro atoms. The molecule has 16 heavy (non-hydrogen) atoms. The molecule has 0 saturated heterocycles. The number of rotatable bonds is 5. The monoisotopic (exact) mass is 220 g/mol. The second-order valence-corrected chi connectivity index (χ2v) is 4.97. The fourth-order valence-electron chi connectivity index (χ4n) is 2.01. The fraction of sp³-hybridized carbons (Fsp3) is 0.500. The SMILES string of the molecule is C[N+]1(CCCC[N+]2(C)C=CN=C2)C=CN=C1. The van der Waals surface area contributed by atoms with Gasteiger partial charge in [-0.2, -0.15) is 0 Å². The van der Waals surface area contributed by atoms with Crippen LogP contribution < -0.4 is 0 Å². The van der Waals surface area contributed by atoms with E-state index < -0.39 is 0 Å². The zero-order valence-corrected chi connectivity index (χ0v) is 10.1. The van der Waals surface area contributed by atoms with Crippen LogP contribution in [0.5, 0.6) is 0 Å². The van der Waals surface area contributed by atoms with E-state index in [1.54, 1.807) is 0 Å². The smallest absolute Gasteiger partial charge is 0.194 e. The van der Waals surface area contributed by atoms with Crippen LogP contribution in [0.4, 0.5) is 0 Å². The molecule has 0 aromatic carbocycles. The summed E-state index contributed by atoms with van der Waals surface area (Å²) >= 11 is 0. The zero-order chi connectivity index (χ0) is 11.5. The first-order chi connectivity index (χ1) is 7.62. The highest BCUT2D eigenvalue weighted by Gasteiger charge is 2.22. The Bertz CT molecular complexity index is 305. The fourth-order valence-corrected chi connectivity index (χ4v) is 2.01. The van der Waals surface area contributed by atoms with Crippen LogP contribution in [0.2, 0.25) is 0 Å². The molecule has 0 aliphatic carbocycles. The van der Waals surface area contributed by atoms with Crippen molar-refractivity contribution in [3.8, 4) is 0 Å². The minimum Gasteiger partial charge on any atom is -0.256 e. The molecular formula is C12H20N4+2. The molecule has 0 amide bonds. The highest BCUT2D eigenvalue weighted by atomic mass is 15.4. The first-order valence-electron chi connectivity index (χ1n) is 5.76. The Kier molecular flexibility index (Phi) is 3.03. The van der Waals surface area contributed by atoms with Gasteiger partial charge in [0, 0.05) is 12.8 Å². The summed E-state index contributed by atoms with van der Waals surface area (Å²) in [6.07, 6.45) is 14.4. The maximum Gasteiger partial charge on any atom is 0.194 e. The largest absolute Gasteiger partial charge is 0.256 e. The quantitative estimate of drug-likeness (QED) is 0.497. The molecule has 2 aliphatic heterocycles. The van der Waals surface area contributed by atoms with Gasteiger partial charge in [0.25, 0.3) is 0 Å². The Balaban J connectivity index is 1.69. The van der Waals surface area contributed by atoms with E-state index in [-0.39, 0.29) is 0 Å². The topological polar surface area (TPSA) is 24.7 Å². The summed E-state index contributed by atoms with van der Waals surface area (Å²) in [6, 6.07) is 0. The average Bonchev–Trinajstić information content (AvgIpc) is 2.84. The van der Waals surface area contributed by atoms with Crippen molar-refractivity contribution >= 4 is 12.7 Å². The van der Waals surface area contributed by atoms with Crippen molar-refractivity contribution in [1.82, 2.24) is 0 Å². The van der Waals surface area contributed by atoms with Gasteiger partial charge in [-0.25, -0.2) is 9.98 Å². The number of quaternary nitrogens is 2. The number of unbranched alkanes of at least 4 members (excludes halogenated alkanes) is 1. The van der Waals surface area contributed by atoms with Crippen molar-refractivity contribution < 1.29 is 8.97 Å². The van der Waals surface area contributed by atoms with Gasteiger partial charge in [-0.05, 0) is 0 Å². The van der Waals surface area contributed by atoms with Gasteiger partial charge in [-0.1, -0.05) is 0 Å². The van der Waals surface area contributed by atoms with Gasteiger partial charge in [-0.15, -0.1) is 0 Å². The second-order valence-electron chi connectivity index (χ2n) is 4.97. The van der Waals surface area contributed by atoms with E-state index in [2.05, 4.69) is 36.5 Å². The van der Waals surface area contributed by atoms with Gasteiger partial charge in [-0.3, -0.25) is 8.97 Å². The van der Waals surface area contributed by atoms with Crippen molar-refractivity contribution in [3.05, 3.63) is 24.8 Å². The van der Waals surface area contributed by atoms with Gasteiger partial charge in [0.05, 0.1) is 39.6 Å². The summed E-state index contributed by atoms with van der Waals surface area (Å²) in [4.78, 5) is 8.27. The zero-order valence-electron chi connectivity index (χ0n) is 10.1. The molecule has 2 atom stereocenters. The van der Waals surface area contributed by atoms with Crippen molar-refractivity contribution in [2.45, 2.75) is 12.8 Å². The van der Waals surface area contributed by atoms with Crippen LogP contribution in [0.15, 0.2) is 34.8 Å². The summed E-state index contributed by atoms with van der Waals surface area (Å²) in [5, 5.41) is 0. The first kappa shape index (κ1) is 11.2. The van der Waals surface area contributed by atoms with Crippen molar-refractivity contribution in [3.63, 3.8) is 0 Å². The van der Waals surface area contributed by atoms with Gasteiger partial charge in [0.2, 0.25) is 0 Å². The van der Waals surface area contributed by atoms with Crippen molar-refractivity contribution in [2.75, 3.05) is 27.2 Å². The summed E-state index contributed by atoms with van der Waals surface area (Å²) in [7, 11) is 4.36. The van der Waals surface area contributed by atoms with Gasteiger partial charge < -0.3 is 0 Å². The predicted molar refractivity (Wildman–Crippen MR) is 66.6 cm³/mol. The highest BCUT2D eigenvalue weighted by molar-refractivity contribution is 5.51. The lowest BCUT2D eigenvalue weighted by Crippen LogP contribution is -2.38. The lowest BCUT2D eigenvalue weighted by molar-refractivity contribution is -0.764. The molecule has 2 heterocycles. The van der Waals surface area contributed by atoms with Crippen LogP contribution in [0.3, 0.4) is 0 Å². The Morgan fingerprint density at radius 3 is 1.56 bits per heavy atom. The lowest BCUT2D eigenvalue weighted by atomic mass is 10.2. The molecule has 0 saturated carbocycles. The van der Waals surface area contributed by atoms with Gasteiger partial charge >= 0.3 is 0 Å². The molecule has 86 valence electrons. The summed E-state index contributed by atoms with van der Waals surface area (Å²) in [5.41, 5.74) is 0. The molecule has 0 fully saturated rings. The maximum atomic E-state index is 4.14. The van der Waals surface area contributed by atoms with E-state index in [4.69, 9.17) is 0 Å². The molecule has 2 rings (SSSR count). The molecule has 0 bridgehead atoms. The van der Waals surface area contributed by atoms with Crippen molar-refractivity contribution in [1.29, 1.82) is 0 Å². The predicted octanol–water partition coefficient (Wildman–Crippen LogP) is 1.69. The molecule has 4 nitrogen and oxygen atoms in total. The molecule has 2 aliphatic rings. The molecule has 0 aromatic heterocycles. The number of aliphatic imine (C=N–C) groups is 2. The highest BCUT2D eigenvalue weighted by Crippen LogP contribution is 2.12. The third-order valence-corrected chi connectivity index (χ3v) is 3.18. The van der Waals surface area contributed by atoms with Gasteiger partial charge in [0.1, 0.15) is 12.4 Å². The van der Waals surface area contributed by atoms with Crippen LogP contribution >= 0.6 is 0 Å². The molecule has 2 unspecified atom stereocenters. The van der Waals surface area contributed by atoms with E-state index in [0.29, 0.717) is 0 Å². The third-order valence-electron chi connectivity index (χ3n) is 3.18. The summed E-state index contributed by atoms with van der Waals surface area (Å²) in [6.45, 7) is 2.25. The van der Waals surface area contributed by atoms with E-state index in [1.807, 2.05) is 25.1 Å². The molecule has 0 N–H and O–H groups in total. The molecule has 4 heteroatoms. The number of hydrogen-bond donors (Lipinski definition) is 0. The Hall–Kier alpha value is -1.26. The standard InChI is InChI=1S/C12H20N4/c1-15(9-5-13-11-15)7-3-4-8-16(2)10-6-14-12-16/h5-6,9-12H,3-4,7-8H2,1-2H3/q+2. The molecule has 0 aromatic rings.